The Morgan fingerprint density at radius 2 is 2.14 bits per heavy atom. The fourth-order valence-corrected chi connectivity index (χ4v) is 1.96. The van der Waals surface area contributed by atoms with E-state index in [1.54, 1.807) is 18.2 Å². The van der Waals surface area contributed by atoms with Gasteiger partial charge in [-0.1, -0.05) is 16.8 Å². The van der Waals surface area contributed by atoms with E-state index in [0.29, 0.717) is 16.5 Å². The predicted octanol–water partition coefficient (Wildman–Crippen LogP) is 1.54. The van der Waals surface area contributed by atoms with Gasteiger partial charge in [0, 0.05) is 12.6 Å². The van der Waals surface area contributed by atoms with Crippen LogP contribution in [-0.2, 0) is 16.1 Å². The van der Waals surface area contributed by atoms with Gasteiger partial charge < -0.3 is 15.4 Å². The van der Waals surface area contributed by atoms with E-state index in [4.69, 9.17) is 16.3 Å². The van der Waals surface area contributed by atoms with Crippen molar-refractivity contribution in [1.29, 1.82) is 0 Å². The number of nitrogens with one attached hydrogen (secondary N) is 2. The summed E-state index contributed by atoms with van der Waals surface area (Å²) in [6.45, 7) is 1.31. The summed E-state index contributed by atoms with van der Waals surface area (Å²) < 4.78 is 6.34. The van der Waals surface area contributed by atoms with E-state index >= 15 is 0 Å². The molecule has 0 fully saturated rings. The lowest BCUT2D eigenvalue weighted by molar-refractivity contribution is -0.117. The first-order chi connectivity index (χ1) is 10.5. The van der Waals surface area contributed by atoms with E-state index in [2.05, 4.69) is 20.9 Å². The molecule has 9 heteroatoms. The molecule has 0 aliphatic carbocycles. The Morgan fingerprint density at radius 1 is 1.36 bits per heavy atom. The lowest BCUT2D eigenvalue weighted by atomic mass is 10.3. The van der Waals surface area contributed by atoms with E-state index in [-0.39, 0.29) is 24.2 Å². The topological polar surface area (TPSA) is 98.1 Å². The zero-order chi connectivity index (χ0) is 16.1. The lowest BCUT2D eigenvalue weighted by Crippen LogP contribution is -2.19. The zero-order valence-corrected chi connectivity index (χ0v) is 12.7. The van der Waals surface area contributed by atoms with Crippen molar-refractivity contribution in [1.82, 2.24) is 15.0 Å². The standard InChI is InChI=1S/C13H14ClN5O3/c1-8(20)15-12-6-19(18-17-12)7-13(21)16-9-3-4-11(22-2)10(14)5-9/h3-6H,7H2,1-2H3,(H,15,20)(H,16,21). The van der Waals surface area contributed by atoms with Crippen molar-refractivity contribution in [2.75, 3.05) is 17.7 Å². The summed E-state index contributed by atoms with van der Waals surface area (Å²) in [6, 6.07) is 4.91. The molecule has 2 N–H and O–H groups in total. The number of carbonyl (C=O) groups excluding carboxylic acids is 2. The summed E-state index contributed by atoms with van der Waals surface area (Å²) in [5, 5.41) is 13.0. The second-order valence-corrected chi connectivity index (χ2v) is 4.79. The molecule has 8 nitrogen and oxygen atoms in total. The number of amides is 2. The monoisotopic (exact) mass is 323 g/mol. The molecular formula is C13H14ClN5O3. The number of carbonyl (C=O) groups is 2. The highest BCUT2D eigenvalue weighted by Crippen LogP contribution is 2.27. The molecular weight excluding hydrogens is 310 g/mol. The number of halogens is 1. The number of methoxy groups -OCH3 is 1. The summed E-state index contributed by atoms with van der Waals surface area (Å²) >= 11 is 5.98. The summed E-state index contributed by atoms with van der Waals surface area (Å²) in [7, 11) is 1.51. The molecule has 2 rings (SSSR count). The lowest BCUT2D eigenvalue weighted by Gasteiger charge is -2.07. The summed E-state index contributed by atoms with van der Waals surface area (Å²) in [5.74, 6) is 0.244. The minimum absolute atomic E-state index is 0.0454. The molecule has 2 aromatic rings. The van der Waals surface area contributed by atoms with Gasteiger partial charge in [-0.25, -0.2) is 4.68 Å². The molecule has 0 unspecified atom stereocenters. The Kier molecular flexibility index (Phi) is 4.95. The highest BCUT2D eigenvalue weighted by molar-refractivity contribution is 6.32. The second-order valence-electron chi connectivity index (χ2n) is 4.38. The van der Waals surface area contributed by atoms with Crippen molar-refractivity contribution < 1.29 is 14.3 Å². The van der Waals surface area contributed by atoms with Gasteiger partial charge in [0.2, 0.25) is 11.8 Å². The number of aromatic nitrogens is 3. The maximum Gasteiger partial charge on any atom is 0.246 e. The molecule has 1 aromatic carbocycles. The molecule has 2 amide bonds. The number of hydrogen-bond acceptors (Lipinski definition) is 5. The molecule has 0 saturated heterocycles. The van der Waals surface area contributed by atoms with Crippen molar-refractivity contribution in [3.05, 3.63) is 29.4 Å². The van der Waals surface area contributed by atoms with Gasteiger partial charge in [-0.05, 0) is 18.2 Å². The SMILES string of the molecule is COc1ccc(NC(=O)Cn2cc(NC(C)=O)nn2)cc1Cl. The zero-order valence-electron chi connectivity index (χ0n) is 12.0. The minimum Gasteiger partial charge on any atom is -0.495 e. The van der Waals surface area contributed by atoms with Crippen LogP contribution in [-0.4, -0.2) is 33.9 Å². The third kappa shape index (κ3) is 4.19. The first-order valence-corrected chi connectivity index (χ1v) is 6.67. The maximum absolute atomic E-state index is 11.9. The van der Waals surface area contributed by atoms with Crippen LogP contribution in [0.15, 0.2) is 24.4 Å². The maximum atomic E-state index is 11.9. The Bertz CT molecular complexity index is 701. The summed E-state index contributed by atoms with van der Waals surface area (Å²) in [4.78, 5) is 22.8. The molecule has 0 aliphatic rings. The third-order valence-corrected chi connectivity index (χ3v) is 2.88. The number of benzene rings is 1. The quantitative estimate of drug-likeness (QED) is 0.869. The average molecular weight is 324 g/mol. The van der Waals surface area contributed by atoms with E-state index in [0.717, 1.165) is 0 Å². The van der Waals surface area contributed by atoms with Crippen molar-refractivity contribution >= 4 is 34.9 Å². The van der Waals surface area contributed by atoms with Crippen molar-refractivity contribution in [3.63, 3.8) is 0 Å². The molecule has 1 heterocycles. The van der Waals surface area contributed by atoms with E-state index < -0.39 is 0 Å². The van der Waals surface area contributed by atoms with Gasteiger partial charge in [0.05, 0.1) is 18.3 Å². The first-order valence-electron chi connectivity index (χ1n) is 6.29. The van der Waals surface area contributed by atoms with Crippen LogP contribution in [0.2, 0.25) is 5.02 Å². The highest BCUT2D eigenvalue weighted by Gasteiger charge is 2.09. The van der Waals surface area contributed by atoms with Crippen LogP contribution in [0.1, 0.15) is 6.92 Å². The Balaban J connectivity index is 1.96. The van der Waals surface area contributed by atoms with Crippen LogP contribution in [0.5, 0.6) is 5.75 Å². The molecule has 0 aliphatic heterocycles. The van der Waals surface area contributed by atoms with Crippen LogP contribution in [0.25, 0.3) is 0 Å². The second kappa shape index (κ2) is 6.90. The minimum atomic E-state index is -0.305. The van der Waals surface area contributed by atoms with Crippen LogP contribution >= 0.6 is 11.6 Å². The number of hydrogen-bond donors (Lipinski definition) is 2. The van der Waals surface area contributed by atoms with E-state index in [9.17, 15) is 9.59 Å². The summed E-state index contributed by atoms with van der Waals surface area (Å²) in [5.41, 5.74) is 0.540. The van der Waals surface area contributed by atoms with Crippen LogP contribution in [0, 0.1) is 0 Å². The van der Waals surface area contributed by atoms with Crippen molar-refractivity contribution in [2.24, 2.45) is 0 Å². The first kappa shape index (κ1) is 15.8. The fourth-order valence-electron chi connectivity index (χ4n) is 1.71. The molecule has 1 aromatic heterocycles. The van der Waals surface area contributed by atoms with E-state index in [1.165, 1.54) is 24.9 Å². The van der Waals surface area contributed by atoms with Gasteiger partial charge >= 0.3 is 0 Å². The number of anilines is 2. The van der Waals surface area contributed by atoms with Gasteiger partial charge in [-0.2, -0.15) is 0 Å². The Morgan fingerprint density at radius 3 is 2.77 bits per heavy atom. The number of nitrogens with zero attached hydrogens (tertiary/aromatic N) is 3. The van der Waals surface area contributed by atoms with Gasteiger partial charge in [-0.3, -0.25) is 9.59 Å². The molecule has 0 saturated carbocycles. The van der Waals surface area contributed by atoms with Crippen LogP contribution in [0.4, 0.5) is 11.5 Å². The molecule has 116 valence electrons. The van der Waals surface area contributed by atoms with Gasteiger partial charge in [0.15, 0.2) is 5.82 Å². The van der Waals surface area contributed by atoms with Gasteiger partial charge in [0.1, 0.15) is 12.3 Å². The van der Waals surface area contributed by atoms with Gasteiger partial charge in [0.25, 0.3) is 0 Å². The molecule has 22 heavy (non-hydrogen) atoms. The number of rotatable bonds is 5. The van der Waals surface area contributed by atoms with Crippen LogP contribution < -0.4 is 15.4 Å². The van der Waals surface area contributed by atoms with Crippen LogP contribution in [0.3, 0.4) is 0 Å². The predicted molar refractivity (Wildman–Crippen MR) is 81.0 cm³/mol. The fraction of sp³-hybridized carbons (Fsp3) is 0.231. The number of ether oxygens (including phenoxy) is 1. The third-order valence-electron chi connectivity index (χ3n) is 2.58. The Labute approximate surface area is 131 Å². The molecule has 0 radical (unpaired) electrons. The van der Waals surface area contributed by atoms with Gasteiger partial charge in [-0.15, -0.1) is 5.10 Å². The Hall–Kier alpha value is -2.61. The van der Waals surface area contributed by atoms with Crippen molar-refractivity contribution in [2.45, 2.75) is 13.5 Å². The average Bonchev–Trinajstić information content (AvgIpc) is 2.85. The van der Waals surface area contributed by atoms with Crippen molar-refractivity contribution in [3.8, 4) is 5.75 Å². The smallest absolute Gasteiger partial charge is 0.246 e. The normalized spacial score (nSPS) is 10.1. The summed E-state index contributed by atoms with van der Waals surface area (Å²) in [6.07, 6.45) is 1.46. The highest BCUT2D eigenvalue weighted by atomic mass is 35.5. The van der Waals surface area contributed by atoms with E-state index in [1.807, 2.05) is 0 Å². The largest absolute Gasteiger partial charge is 0.495 e. The molecule has 0 bridgehead atoms. The molecule has 0 spiro atoms. The molecule has 0 atom stereocenters.